The van der Waals surface area contributed by atoms with Crippen molar-refractivity contribution in [2.75, 3.05) is 5.75 Å². The van der Waals surface area contributed by atoms with Gasteiger partial charge < -0.3 is 5.11 Å². The molecule has 8 heteroatoms. The third kappa shape index (κ3) is 3.54. The Morgan fingerprint density at radius 1 is 1.19 bits per heavy atom. The molecule has 110 valence electrons. The molecule has 0 amide bonds. The second-order valence-electron chi connectivity index (χ2n) is 4.26. The van der Waals surface area contributed by atoms with Gasteiger partial charge in [-0.05, 0) is 24.3 Å². The van der Waals surface area contributed by atoms with Crippen LogP contribution < -0.4 is 5.56 Å². The minimum Gasteiger partial charge on any atom is -0.478 e. The summed E-state index contributed by atoms with van der Waals surface area (Å²) in [5, 5.41) is 8.77. The van der Waals surface area contributed by atoms with Crippen LogP contribution in [0.1, 0.15) is 10.4 Å². The zero-order valence-electron chi connectivity index (χ0n) is 10.8. The quantitative estimate of drug-likeness (QED) is 0.857. The van der Waals surface area contributed by atoms with Crippen LogP contribution in [0.5, 0.6) is 0 Å². The van der Waals surface area contributed by atoms with Crippen LogP contribution >= 0.6 is 0 Å². The normalized spacial score (nSPS) is 11.2. The first-order valence-corrected chi connectivity index (χ1v) is 7.62. The number of sulfone groups is 1. The summed E-state index contributed by atoms with van der Waals surface area (Å²) in [5.41, 5.74) is -0.321. The van der Waals surface area contributed by atoms with Crippen molar-refractivity contribution in [2.45, 2.75) is 11.4 Å². The molecule has 0 saturated carbocycles. The van der Waals surface area contributed by atoms with E-state index in [0.29, 0.717) is 0 Å². The van der Waals surface area contributed by atoms with Crippen LogP contribution in [-0.2, 0) is 16.4 Å². The lowest BCUT2D eigenvalue weighted by molar-refractivity contribution is 0.0696. The van der Waals surface area contributed by atoms with Gasteiger partial charge in [0.15, 0.2) is 9.84 Å². The van der Waals surface area contributed by atoms with Crippen LogP contribution in [0.25, 0.3) is 0 Å². The van der Waals surface area contributed by atoms with Gasteiger partial charge in [0.05, 0.1) is 22.5 Å². The van der Waals surface area contributed by atoms with E-state index < -0.39 is 15.8 Å². The summed E-state index contributed by atoms with van der Waals surface area (Å²) in [6, 6.07) is 6.18. The summed E-state index contributed by atoms with van der Waals surface area (Å²) in [5.74, 6) is -1.40. The maximum Gasteiger partial charge on any atom is 0.335 e. The molecule has 21 heavy (non-hydrogen) atoms. The summed E-state index contributed by atoms with van der Waals surface area (Å²) in [4.78, 5) is 25.9. The van der Waals surface area contributed by atoms with Crippen LogP contribution in [0.4, 0.5) is 0 Å². The number of carboxylic acid groups (broad SMARTS) is 1. The standard InChI is InChI=1S/C13H12N2O5S/c16-12-5-6-14-9-15(12)7-8-21(19,20)11-3-1-10(2-4-11)13(17)18/h1-6,9H,7-8H2,(H,17,18). The minimum atomic E-state index is -3.60. The average Bonchev–Trinajstić information content (AvgIpc) is 2.46. The van der Waals surface area contributed by atoms with E-state index in [-0.39, 0.29) is 28.3 Å². The lowest BCUT2D eigenvalue weighted by Gasteiger charge is -2.06. The first kappa shape index (κ1) is 14.9. The van der Waals surface area contributed by atoms with Crippen molar-refractivity contribution in [1.82, 2.24) is 9.55 Å². The molecular formula is C13H12N2O5S. The van der Waals surface area contributed by atoms with Crippen molar-refractivity contribution >= 4 is 15.8 Å². The molecule has 0 bridgehead atoms. The van der Waals surface area contributed by atoms with E-state index in [1.807, 2.05) is 0 Å². The van der Waals surface area contributed by atoms with Crippen LogP contribution in [0.15, 0.2) is 52.5 Å². The van der Waals surface area contributed by atoms with E-state index in [9.17, 15) is 18.0 Å². The smallest absolute Gasteiger partial charge is 0.335 e. The lowest BCUT2D eigenvalue weighted by Crippen LogP contribution is -2.23. The molecule has 0 radical (unpaired) electrons. The van der Waals surface area contributed by atoms with E-state index in [0.717, 1.165) is 0 Å². The Bertz CT molecular complexity index is 809. The first-order chi connectivity index (χ1) is 9.90. The molecule has 0 atom stereocenters. The minimum absolute atomic E-state index is 0.0115. The topological polar surface area (TPSA) is 106 Å². The molecule has 2 rings (SSSR count). The molecule has 0 aliphatic heterocycles. The van der Waals surface area contributed by atoms with Crippen LogP contribution in [0.2, 0.25) is 0 Å². The monoisotopic (exact) mass is 308 g/mol. The number of aromatic carboxylic acids is 1. The molecule has 0 spiro atoms. The van der Waals surface area contributed by atoms with Crippen LogP contribution in [-0.4, -0.2) is 34.8 Å². The van der Waals surface area contributed by atoms with Crippen molar-refractivity contribution in [3.05, 3.63) is 58.8 Å². The predicted molar refractivity (Wildman–Crippen MR) is 74.0 cm³/mol. The molecule has 2 aromatic rings. The first-order valence-electron chi connectivity index (χ1n) is 5.97. The maximum atomic E-state index is 12.1. The molecule has 0 fully saturated rings. The van der Waals surface area contributed by atoms with Gasteiger partial charge in [0.25, 0.3) is 5.56 Å². The van der Waals surface area contributed by atoms with Gasteiger partial charge in [0, 0.05) is 18.8 Å². The molecular weight excluding hydrogens is 296 g/mol. The Morgan fingerprint density at radius 2 is 1.86 bits per heavy atom. The Labute approximate surface area is 120 Å². The van der Waals surface area contributed by atoms with Crippen molar-refractivity contribution in [3.8, 4) is 0 Å². The number of aromatic nitrogens is 2. The summed E-state index contributed by atoms with van der Waals surface area (Å²) in [6.07, 6.45) is 2.60. The number of rotatable bonds is 5. The van der Waals surface area contributed by atoms with E-state index >= 15 is 0 Å². The van der Waals surface area contributed by atoms with Gasteiger partial charge in [0.1, 0.15) is 0 Å². The number of aryl methyl sites for hydroxylation is 1. The SMILES string of the molecule is O=C(O)c1ccc(S(=O)(=O)CCn2cnccc2=O)cc1. The highest BCUT2D eigenvalue weighted by Gasteiger charge is 2.15. The molecule has 0 saturated heterocycles. The van der Waals surface area contributed by atoms with Gasteiger partial charge in [-0.1, -0.05) is 0 Å². The van der Waals surface area contributed by atoms with E-state index in [1.54, 1.807) is 0 Å². The van der Waals surface area contributed by atoms with Gasteiger partial charge in [-0.3, -0.25) is 9.36 Å². The second-order valence-corrected chi connectivity index (χ2v) is 6.37. The highest BCUT2D eigenvalue weighted by Crippen LogP contribution is 2.12. The van der Waals surface area contributed by atoms with Gasteiger partial charge in [-0.25, -0.2) is 18.2 Å². The van der Waals surface area contributed by atoms with Gasteiger partial charge in [-0.2, -0.15) is 0 Å². The van der Waals surface area contributed by atoms with Crippen LogP contribution in [0, 0.1) is 0 Å². The van der Waals surface area contributed by atoms with E-state index in [2.05, 4.69) is 4.98 Å². The zero-order valence-corrected chi connectivity index (χ0v) is 11.7. The van der Waals surface area contributed by atoms with Crippen LogP contribution in [0.3, 0.4) is 0 Å². The lowest BCUT2D eigenvalue weighted by atomic mass is 10.2. The number of benzene rings is 1. The number of nitrogens with zero attached hydrogens (tertiary/aromatic N) is 2. The molecule has 1 N–H and O–H groups in total. The fourth-order valence-electron chi connectivity index (χ4n) is 1.69. The molecule has 0 unspecified atom stereocenters. The highest BCUT2D eigenvalue weighted by molar-refractivity contribution is 7.91. The fourth-order valence-corrected chi connectivity index (χ4v) is 2.91. The third-order valence-electron chi connectivity index (χ3n) is 2.85. The van der Waals surface area contributed by atoms with E-state index in [1.165, 1.54) is 47.4 Å². The van der Waals surface area contributed by atoms with Gasteiger partial charge >= 0.3 is 5.97 Å². The summed E-state index contributed by atoms with van der Waals surface area (Å²) in [7, 11) is -3.60. The Morgan fingerprint density at radius 3 is 2.43 bits per heavy atom. The van der Waals surface area contributed by atoms with Crippen molar-refractivity contribution < 1.29 is 18.3 Å². The molecule has 1 aromatic carbocycles. The Kier molecular flexibility index (Phi) is 4.18. The zero-order chi connectivity index (χ0) is 15.5. The fraction of sp³-hybridized carbons (Fsp3) is 0.154. The van der Waals surface area contributed by atoms with E-state index in [4.69, 9.17) is 5.11 Å². The summed E-state index contributed by atoms with van der Waals surface area (Å²) in [6.45, 7) is -0.0182. The number of hydrogen-bond donors (Lipinski definition) is 1. The molecule has 1 heterocycles. The van der Waals surface area contributed by atoms with Crippen molar-refractivity contribution in [2.24, 2.45) is 0 Å². The van der Waals surface area contributed by atoms with Gasteiger partial charge in [0.2, 0.25) is 0 Å². The molecule has 0 aliphatic carbocycles. The second kappa shape index (κ2) is 5.88. The van der Waals surface area contributed by atoms with Gasteiger partial charge in [-0.15, -0.1) is 0 Å². The maximum absolute atomic E-state index is 12.1. The highest BCUT2D eigenvalue weighted by atomic mass is 32.2. The largest absolute Gasteiger partial charge is 0.478 e. The predicted octanol–water partition coefficient (Wildman–Crippen LogP) is 0.415. The Balaban J connectivity index is 2.17. The molecule has 7 nitrogen and oxygen atoms in total. The number of hydrogen-bond acceptors (Lipinski definition) is 5. The average molecular weight is 308 g/mol. The van der Waals surface area contributed by atoms with Crippen molar-refractivity contribution in [3.63, 3.8) is 0 Å². The summed E-state index contributed by atoms with van der Waals surface area (Å²) >= 11 is 0. The Hall–Kier alpha value is -2.48. The number of carboxylic acids is 1. The molecule has 0 aliphatic rings. The summed E-state index contributed by atoms with van der Waals surface area (Å²) < 4.78 is 25.4. The third-order valence-corrected chi connectivity index (χ3v) is 4.56. The van der Waals surface area contributed by atoms with Crippen molar-refractivity contribution in [1.29, 1.82) is 0 Å². The number of carbonyl (C=O) groups is 1. The molecule has 1 aromatic heterocycles.